The summed E-state index contributed by atoms with van der Waals surface area (Å²) in [5, 5.41) is 19.9. The molecular weight excluding hydrogens is 376 g/mol. The van der Waals surface area contributed by atoms with Crippen molar-refractivity contribution in [1.29, 1.82) is 0 Å². The molecule has 5 atom stereocenters. The summed E-state index contributed by atoms with van der Waals surface area (Å²) in [7, 11) is 0. The first-order valence-corrected chi connectivity index (χ1v) is 11.9. The van der Waals surface area contributed by atoms with Gasteiger partial charge in [0, 0.05) is 12.3 Å². The molecule has 0 aliphatic heterocycles. The van der Waals surface area contributed by atoms with Crippen LogP contribution in [0.2, 0.25) is 0 Å². The quantitative estimate of drug-likeness (QED) is 0.456. The third-order valence-electron chi connectivity index (χ3n) is 7.86. The molecule has 0 radical (unpaired) electrons. The van der Waals surface area contributed by atoms with Crippen molar-refractivity contribution in [2.45, 2.75) is 104 Å². The van der Waals surface area contributed by atoms with E-state index in [2.05, 4.69) is 26.0 Å². The van der Waals surface area contributed by atoms with Crippen molar-refractivity contribution in [1.82, 2.24) is 0 Å². The van der Waals surface area contributed by atoms with Gasteiger partial charge in [-0.3, -0.25) is 9.59 Å². The van der Waals surface area contributed by atoms with Crippen molar-refractivity contribution in [3.05, 3.63) is 23.3 Å². The minimum absolute atomic E-state index is 0.00870. The van der Waals surface area contributed by atoms with Crippen molar-refractivity contribution in [3.63, 3.8) is 0 Å². The van der Waals surface area contributed by atoms with Gasteiger partial charge in [-0.1, -0.05) is 43.6 Å². The number of carbonyl (C=O) groups excluding carboxylic acids is 2. The van der Waals surface area contributed by atoms with Crippen LogP contribution in [0.25, 0.3) is 0 Å². The van der Waals surface area contributed by atoms with Crippen molar-refractivity contribution in [3.8, 4) is 0 Å². The molecule has 168 valence electrons. The topological polar surface area (TPSA) is 74.6 Å². The Morgan fingerprint density at radius 2 is 2.07 bits per heavy atom. The molecule has 2 N–H and O–H groups in total. The van der Waals surface area contributed by atoms with E-state index < -0.39 is 17.5 Å². The third-order valence-corrected chi connectivity index (χ3v) is 7.86. The molecule has 30 heavy (non-hydrogen) atoms. The van der Waals surface area contributed by atoms with Crippen molar-refractivity contribution in [2.24, 2.45) is 23.2 Å². The van der Waals surface area contributed by atoms with Gasteiger partial charge in [-0.15, -0.1) is 0 Å². The van der Waals surface area contributed by atoms with Crippen LogP contribution in [-0.4, -0.2) is 33.5 Å². The van der Waals surface area contributed by atoms with Crippen LogP contribution in [0, 0.1) is 23.2 Å². The Hall–Kier alpha value is -1.26. The number of aliphatic hydroxyl groups is 2. The van der Waals surface area contributed by atoms with E-state index in [1.54, 1.807) is 5.57 Å². The van der Waals surface area contributed by atoms with Gasteiger partial charge in [-0.05, 0) is 82.5 Å². The number of hydrogen-bond donors (Lipinski definition) is 2. The maximum absolute atomic E-state index is 12.2. The molecule has 0 aromatic heterocycles. The van der Waals surface area contributed by atoms with Crippen LogP contribution in [0.3, 0.4) is 0 Å². The molecule has 0 spiro atoms. The van der Waals surface area contributed by atoms with Crippen LogP contribution in [0.5, 0.6) is 0 Å². The van der Waals surface area contributed by atoms with Crippen molar-refractivity contribution in [2.75, 3.05) is 0 Å². The van der Waals surface area contributed by atoms with Gasteiger partial charge in [-0.25, -0.2) is 0 Å². The molecule has 0 heterocycles. The minimum Gasteiger partial charge on any atom is -0.393 e. The summed E-state index contributed by atoms with van der Waals surface area (Å²) in [5.74, 6) is -0.0278. The lowest BCUT2D eigenvalue weighted by molar-refractivity contribution is -0.143. The Kier molecular flexibility index (Phi) is 7.08. The lowest BCUT2D eigenvalue weighted by Gasteiger charge is -2.43. The van der Waals surface area contributed by atoms with Gasteiger partial charge in [0.15, 0.2) is 0 Å². The van der Waals surface area contributed by atoms with Crippen LogP contribution in [0.15, 0.2) is 23.3 Å². The minimum atomic E-state index is -0.667. The molecule has 3 aliphatic rings. The van der Waals surface area contributed by atoms with E-state index in [0.717, 1.165) is 38.5 Å². The molecule has 0 aromatic rings. The Morgan fingerprint density at radius 3 is 2.77 bits per heavy atom. The molecular formula is C26H40O4. The number of Topliss-reactive ketones (excluding diaryl/α,β-unsaturated/α-hetero) is 2. The first kappa shape index (κ1) is 23.4. The zero-order chi connectivity index (χ0) is 22.1. The summed E-state index contributed by atoms with van der Waals surface area (Å²) in [4.78, 5) is 24.0. The summed E-state index contributed by atoms with van der Waals surface area (Å²) in [6, 6.07) is 0. The standard InChI is InChI=1S/C26H40O4/c1-17(7-5-13-25(2,3)30)21-11-12-22-18(8-6-14-26(21,22)4)9-10-19-15-20(27)16-23(28)24(19)29/h9,11,17,19-20,22,27,30H,5-8,10,12-16H2,1-4H3/b18-9+. The van der Waals surface area contributed by atoms with Gasteiger partial charge in [0.1, 0.15) is 0 Å². The van der Waals surface area contributed by atoms with E-state index in [0.29, 0.717) is 24.7 Å². The van der Waals surface area contributed by atoms with E-state index >= 15 is 0 Å². The lowest BCUT2D eigenvalue weighted by atomic mass is 9.62. The first-order valence-electron chi connectivity index (χ1n) is 11.9. The molecule has 5 unspecified atom stereocenters. The Labute approximate surface area is 181 Å². The van der Waals surface area contributed by atoms with E-state index in [4.69, 9.17) is 0 Å². The summed E-state index contributed by atoms with van der Waals surface area (Å²) in [5.41, 5.74) is 2.61. The fourth-order valence-corrected chi connectivity index (χ4v) is 6.22. The van der Waals surface area contributed by atoms with E-state index in [1.165, 1.54) is 12.0 Å². The molecule has 4 heteroatoms. The highest BCUT2D eigenvalue weighted by Crippen LogP contribution is 2.57. The van der Waals surface area contributed by atoms with Gasteiger partial charge in [-0.2, -0.15) is 0 Å². The molecule has 3 aliphatic carbocycles. The van der Waals surface area contributed by atoms with Gasteiger partial charge >= 0.3 is 0 Å². The average molecular weight is 417 g/mol. The largest absolute Gasteiger partial charge is 0.393 e. The maximum atomic E-state index is 12.2. The van der Waals surface area contributed by atoms with Gasteiger partial charge in [0.25, 0.3) is 0 Å². The van der Waals surface area contributed by atoms with Crippen LogP contribution in [-0.2, 0) is 9.59 Å². The van der Waals surface area contributed by atoms with Crippen molar-refractivity contribution >= 4 is 11.6 Å². The molecule has 0 bridgehead atoms. The normalized spacial score (nSPS) is 34.8. The second-order valence-corrected chi connectivity index (χ2v) is 10.9. The fourth-order valence-electron chi connectivity index (χ4n) is 6.22. The Bertz CT molecular complexity index is 726. The molecule has 3 rings (SSSR count). The summed E-state index contributed by atoms with van der Waals surface area (Å²) in [6.07, 6.45) is 12.5. The highest BCUT2D eigenvalue weighted by atomic mass is 16.3. The first-order chi connectivity index (χ1) is 14.0. The predicted octanol–water partition coefficient (Wildman–Crippen LogP) is 4.93. The van der Waals surface area contributed by atoms with Gasteiger partial charge in [0.2, 0.25) is 11.6 Å². The number of ketones is 2. The van der Waals surface area contributed by atoms with Crippen molar-refractivity contribution < 1.29 is 19.8 Å². The summed E-state index contributed by atoms with van der Waals surface area (Å²) in [6.45, 7) is 8.50. The van der Waals surface area contributed by atoms with Gasteiger partial charge in [0.05, 0.1) is 11.7 Å². The smallest absolute Gasteiger partial charge is 0.201 e. The molecule has 2 fully saturated rings. The molecule has 0 aromatic carbocycles. The third kappa shape index (κ3) is 5.13. The zero-order valence-electron chi connectivity index (χ0n) is 19.2. The Morgan fingerprint density at radius 1 is 1.33 bits per heavy atom. The number of fused-ring (bicyclic) bond motifs is 1. The van der Waals surface area contributed by atoms with E-state index in [-0.39, 0.29) is 23.5 Å². The highest BCUT2D eigenvalue weighted by molar-refractivity contribution is 6.38. The predicted molar refractivity (Wildman–Crippen MR) is 119 cm³/mol. The molecule has 0 amide bonds. The molecule has 4 nitrogen and oxygen atoms in total. The summed E-state index contributed by atoms with van der Waals surface area (Å²) >= 11 is 0. The van der Waals surface area contributed by atoms with E-state index in [1.807, 2.05) is 13.8 Å². The highest BCUT2D eigenvalue weighted by Gasteiger charge is 2.46. The molecule has 2 saturated carbocycles. The van der Waals surface area contributed by atoms with Crippen LogP contribution in [0.4, 0.5) is 0 Å². The number of rotatable bonds is 7. The maximum Gasteiger partial charge on any atom is 0.201 e. The number of carbonyl (C=O) groups is 2. The second-order valence-electron chi connectivity index (χ2n) is 10.9. The van der Waals surface area contributed by atoms with Crippen LogP contribution >= 0.6 is 0 Å². The lowest BCUT2D eigenvalue weighted by Crippen LogP contribution is -2.36. The van der Waals surface area contributed by atoms with Crippen LogP contribution < -0.4 is 0 Å². The van der Waals surface area contributed by atoms with Gasteiger partial charge < -0.3 is 10.2 Å². The Balaban J connectivity index is 1.65. The second kappa shape index (κ2) is 9.08. The number of hydrogen-bond acceptors (Lipinski definition) is 4. The number of allylic oxidation sites excluding steroid dienone is 4. The SMILES string of the molecule is CC(CCCC(C)(C)O)C1=CCC2/C(=C/CC3CC(O)CC(=O)C3=O)CCCC12C. The average Bonchev–Trinajstić information content (AvgIpc) is 3.00. The fraction of sp³-hybridized carbons (Fsp3) is 0.769. The summed E-state index contributed by atoms with van der Waals surface area (Å²) < 4.78 is 0. The van der Waals surface area contributed by atoms with E-state index in [9.17, 15) is 19.8 Å². The number of aliphatic hydroxyl groups excluding tert-OH is 1. The van der Waals surface area contributed by atoms with Crippen LogP contribution in [0.1, 0.15) is 91.9 Å². The molecule has 0 saturated heterocycles. The zero-order valence-corrected chi connectivity index (χ0v) is 19.2. The monoisotopic (exact) mass is 416 g/mol.